The highest BCUT2D eigenvalue weighted by Crippen LogP contribution is 2.38. The van der Waals surface area contributed by atoms with Gasteiger partial charge in [-0.1, -0.05) is 244 Å². The summed E-state index contributed by atoms with van der Waals surface area (Å²) in [6.07, 6.45) is 59.6. The van der Waals surface area contributed by atoms with E-state index in [1.165, 1.54) is 173 Å². The third kappa shape index (κ3) is 51.1. The number of carbonyl (C=O) groups is 2. The van der Waals surface area contributed by atoms with Gasteiger partial charge < -0.3 is 28.5 Å². The average Bonchev–Trinajstić information content (AvgIpc) is 3.32. The third-order valence-corrected chi connectivity index (χ3v) is 14.3. The average molecular weight is 1010 g/mol. The van der Waals surface area contributed by atoms with Crippen molar-refractivity contribution in [3.05, 3.63) is 36.5 Å². The zero-order valence-corrected chi connectivity index (χ0v) is 47.9. The number of amides is 1. The minimum Gasteiger partial charge on any atom is -0.756 e. The molecule has 0 aliphatic rings. The number of nitrogens with one attached hydrogen (secondary N) is 1. The van der Waals surface area contributed by atoms with Crippen LogP contribution in [0, 0.1) is 0 Å². The number of quaternary nitrogens is 1. The van der Waals surface area contributed by atoms with Gasteiger partial charge in [0.2, 0.25) is 5.91 Å². The van der Waals surface area contributed by atoms with E-state index in [1.54, 1.807) is 0 Å². The number of rotatable bonds is 54. The second kappa shape index (κ2) is 50.7. The molecule has 70 heavy (non-hydrogen) atoms. The number of phosphoric ester groups is 1. The first-order valence-corrected chi connectivity index (χ1v) is 31.3. The number of esters is 1. The van der Waals surface area contributed by atoms with Crippen molar-refractivity contribution < 1.29 is 37.3 Å². The van der Waals surface area contributed by atoms with Crippen LogP contribution in [0.2, 0.25) is 0 Å². The van der Waals surface area contributed by atoms with Gasteiger partial charge in [-0.3, -0.25) is 14.2 Å². The molecule has 0 spiro atoms. The molecule has 0 aromatic rings. The van der Waals surface area contributed by atoms with E-state index in [0.29, 0.717) is 17.4 Å². The summed E-state index contributed by atoms with van der Waals surface area (Å²) < 4.78 is 30.2. The lowest BCUT2D eigenvalue weighted by atomic mass is 10.0. The summed E-state index contributed by atoms with van der Waals surface area (Å²) in [5, 5.41) is 3.02. The van der Waals surface area contributed by atoms with Gasteiger partial charge in [0.1, 0.15) is 19.3 Å². The zero-order valence-electron chi connectivity index (χ0n) is 47.0. The molecule has 0 aromatic carbocycles. The Kier molecular flexibility index (Phi) is 49.5. The number of allylic oxidation sites excluding steroid dienone is 5. The van der Waals surface area contributed by atoms with Crippen molar-refractivity contribution in [2.45, 2.75) is 296 Å². The predicted molar refractivity (Wildman–Crippen MR) is 298 cm³/mol. The van der Waals surface area contributed by atoms with Gasteiger partial charge in [0, 0.05) is 12.8 Å². The van der Waals surface area contributed by atoms with Crippen molar-refractivity contribution in [2.75, 3.05) is 40.9 Å². The van der Waals surface area contributed by atoms with Crippen LogP contribution in [0.25, 0.3) is 0 Å². The summed E-state index contributed by atoms with van der Waals surface area (Å²) in [5.74, 6) is -0.536. The highest BCUT2D eigenvalue weighted by atomic mass is 31.2. The number of ether oxygens (including phenoxy) is 1. The minimum absolute atomic E-state index is 0.0211. The predicted octanol–water partition coefficient (Wildman–Crippen LogP) is 17.3. The van der Waals surface area contributed by atoms with E-state index in [9.17, 15) is 19.0 Å². The smallest absolute Gasteiger partial charge is 0.306 e. The Labute approximate surface area is 434 Å². The van der Waals surface area contributed by atoms with Crippen molar-refractivity contribution in [1.82, 2.24) is 5.32 Å². The third-order valence-electron chi connectivity index (χ3n) is 13.3. The van der Waals surface area contributed by atoms with Crippen LogP contribution < -0.4 is 10.2 Å². The molecule has 0 aliphatic heterocycles. The molecule has 0 aliphatic carbocycles. The molecule has 0 heterocycles. The lowest BCUT2D eigenvalue weighted by Crippen LogP contribution is -2.47. The number of carbonyl (C=O) groups excluding carboxylic acids is 2. The molecule has 0 radical (unpaired) electrons. The Hall–Kier alpha value is -1.77. The Morgan fingerprint density at radius 3 is 1.31 bits per heavy atom. The SMILES string of the molecule is CCCCC/C=C\C/C=C\CCCCCCCCCCCC(=O)NC(COP(=O)([O-])OCC[N+](C)(C)C)C(/C=C\CCCCCCCCCCC)OC(=O)CCCCCCCCCCCCCCCC. The van der Waals surface area contributed by atoms with Crippen LogP contribution in [-0.4, -0.2) is 69.4 Å². The van der Waals surface area contributed by atoms with E-state index in [0.717, 1.165) is 77.0 Å². The molecule has 0 saturated carbocycles. The summed E-state index contributed by atoms with van der Waals surface area (Å²) >= 11 is 0. The van der Waals surface area contributed by atoms with Crippen molar-refractivity contribution in [2.24, 2.45) is 0 Å². The number of nitrogens with zero attached hydrogens (tertiary/aromatic N) is 1. The Bertz CT molecular complexity index is 1300. The first-order chi connectivity index (χ1) is 33.9. The Morgan fingerprint density at radius 2 is 0.871 bits per heavy atom. The second-order valence-corrected chi connectivity index (χ2v) is 22.9. The highest BCUT2D eigenvalue weighted by Gasteiger charge is 2.27. The van der Waals surface area contributed by atoms with Crippen LogP contribution in [-0.2, 0) is 27.9 Å². The maximum Gasteiger partial charge on any atom is 0.306 e. The summed E-state index contributed by atoms with van der Waals surface area (Å²) in [7, 11) is 1.19. The molecule has 412 valence electrons. The van der Waals surface area contributed by atoms with Crippen molar-refractivity contribution in [3.63, 3.8) is 0 Å². The molecule has 0 saturated heterocycles. The molecule has 0 fully saturated rings. The standard InChI is InChI=1S/C60H115N2O7P/c1-7-10-13-16-19-22-25-27-29-30-31-32-33-34-37-40-43-46-49-52-59(63)61-57(56-68-70(65,66)67-55-54-62(4,5)6)58(51-48-45-42-39-36-24-21-18-15-12-9-3)69-60(64)53-50-47-44-41-38-35-28-26-23-20-17-14-11-8-2/h19,22,27,29,48,51,57-58H,7-18,20-21,23-26,28,30-47,49-50,52-56H2,1-6H3,(H-,61,63,65,66)/b22-19-,29-27-,51-48-. The maximum atomic E-state index is 13.5. The summed E-state index contributed by atoms with van der Waals surface area (Å²) in [6.45, 7) is 6.83. The topological polar surface area (TPSA) is 114 Å². The van der Waals surface area contributed by atoms with Gasteiger partial charge in [-0.15, -0.1) is 0 Å². The van der Waals surface area contributed by atoms with E-state index < -0.39 is 20.0 Å². The van der Waals surface area contributed by atoms with Crippen LogP contribution in [0.15, 0.2) is 36.5 Å². The first-order valence-electron chi connectivity index (χ1n) is 29.8. The van der Waals surface area contributed by atoms with Gasteiger partial charge in [-0.05, 0) is 63.9 Å². The minimum atomic E-state index is -4.69. The number of likely N-dealkylation sites (N-methyl/N-ethyl adjacent to an activating group) is 1. The maximum absolute atomic E-state index is 13.5. The van der Waals surface area contributed by atoms with Crippen LogP contribution in [0.5, 0.6) is 0 Å². The lowest BCUT2D eigenvalue weighted by molar-refractivity contribution is -0.870. The molecule has 0 bridgehead atoms. The molecule has 9 nitrogen and oxygen atoms in total. The molecule has 3 atom stereocenters. The van der Waals surface area contributed by atoms with E-state index in [2.05, 4.69) is 50.4 Å². The van der Waals surface area contributed by atoms with E-state index >= 15 is 0 Å². The van der Waals surface area contributed by atoms with Crippen LogP contribution in [0.1, 0.15) is 284 Å². The van der Waals surface area contributed by atoms with Gasteiger partial charge in [-0.25, -0.2) is 0 Å². The Balaban J connectivity index is 5.24. The fourth-order valence-corrected chi connectivity index (χ4v) is 9.39. The zero-order chi connectivity index (χ0) is 51.5. The van der Waals surface area contributed by atoms with Crippen molar-refractivity contribution in [1.29, 1.82) is 0 Å². The quantitative estimate of drug-likeness (QED) is 0.0212. The lowest BCUT2D eigenvalue weighted by Gasteiger charge is -2.30. The van der Waals surface area contributed by atoms with Crippen molar-refractivity contribution >= 4 is 19.7 Å². The number of unbranched alkanes of at least 4 members (excludes halogenated alkanes) is 34. The fourth-order valence-electron chi connectivity index (χ4n) is 8.67. The van der Waals surface area contributed by atoms with Crippen molar-refractivity contribution in [3.8, 4) is 0 Å². The molecular weight excluding hydrogens is 892 g/mol. The molecule has 1 amide bonds. The normalized spacial score (nSPS) is 14.0. The van der Waals surface area contributed by atoms with Gasteiger partial charge in [-0.2, -0.15) is 0 Å². The van der Waals surface area contributed by atoms with Gasteiger partial charge in [0.15, 0.2) is 0 Å². The Morgan fingerprint density at radius 1 is 0.500 bits per heavy atom. The summed E-state index contributed by atoms with van der Waals surface area (Å²) in [4.78, 5) is 39.9. The van der Waals surface area contributed by atoms with Gasteiger partial charge in [0.05, 0.1) is 33.8 Å². The van der Waals surface area contributed by atoms with E-state index in [-0.39, 0.29) is 31.5 Å². The molecule has 0 aromatic heterocycles. The van der Waals surface area contributed by atoms with Crippen LogP contribution >= 0.6 is 7.82 Å². The van der Waals surface area contributed by atoms with Gasteiger partial charge >= 0.3 is 5.97 Å². The summed E-state index contributed by atoms with van der Waals surface area (Å²) in [5.41, 5.74) is 0. The molecule has 10 heteroatoms. The van der Waals surface area contributed by atoms with E-state index in [1.807, 2.05) is 33.3 Å². The highest BCUT2D eigenvalue weighted by molar-refractivity contribution is 7.45. The van der Waals surface area contributed by atoms with Crippen LogP contribution in [0.4, 0.5) is 0 Å². The largest absolute Gasteiger partial charge is 0.756 e. The molecular formula is C60H115N2O7P. The summed E-state index contributed by atoms with van der Waals surface area (Å²) in [6, 6.07) is -0.885. The number of phosphoric acid groups is 1. The molecule has 0 rings (SSSR count). The molecule has 1 N–H and O–H groups in total. The van der Waals surface area contributed by atoms with Crippen LogP contribution in [0.3, 0.4) is 0 Å². The van der Waals surface area contributed by atoms with E-state index in [4.69, 9.17) is 13.8 Å². The number of hydrogen-bond acceptors (Lipinski definition) is 7. The first kappa shape index (κ1) is 68.2. The second-order valence-electron chi connectivity index (χ2n) is 21.5. The molecule has 3 unspecified atom stereocenters. The number of hydrogen-bond donors (Lipinski definition) is 1. The van der Waals surface area contributed by atoms with Gasteiger partial charge in [0.25, 0.3) is 7.82 Å². The fraction of sp³-hybridized carbons (Fsp3) is 0.867. The monoisotopic (exact) mass is 1010 g/mol.